The van der Waals surface area contributed by atoms with Gasteiger partial charge in [0.2, 0.25) is 0 Å². The molecule has 0 saturated heterocycles. The molecule has 2 aromatic heterocycles. The lowest BCUT2D eigenvalue weighted by atomic mass is 9.93. The van der Waals surface area contributed by atoms with Crippen molar-refractivity contribution in [2.75, 3.05) is 4.90 Å². The van der Waals surface area contributed by atoms with Gasteiger partial charge in [-0.15, -0.1) is 0 Å². The molecule has 3 nitrogen and oxygen atoms in total. The molecule has 0 bridgehead atoms. The van der Waals surface area contributed by atoms with Crippen LogP contribution in [0, 0.1) is 0 Å². The molecule has 3 heteroatoms. The second-order valence-corrected chi connectivity index (χ2v) is 12.7. The zero-order valence-electron chi connectivity index (χ0n) is 27.1. The van der Waals surface area contributed by atoms with Gasteiger partial charge in [-0.1, -0.05) is 133 Å². The maximum Gasteiger partial charge on any atom is 0.134 e. The van der Waals surface area contributed by atoms with E-state index in [4.69, 9.17) is 9.40 Å². The van der Waals surface area contributed by atoms with E-state index in [1.807, 2.05) is 6.07 Å². The van der Waals surface area contributed by atoms with Gasteiger partial charge >= 0.3 is 0 Å². The van der Waals surface area contributed by atoms with E-state index in [1.54, 1.807) is 6.26 Å². The first kappa shape index (κ1) is 28.3. The van der Waals surface area contributed by atoms with Crippen molar-refractivity contribution in [3.63, 3.8) is 0 Å². The number of hydrogen-bond acceptors (Lipinski definition) is 3. The lowest BCUT2D eigenvalue weighted by Gasteiger charge is -2.30. The summed E-state index contributed by atoms with van der Waals surface area (Å²) in [7, 11) is 0. The molecule has 0 radical (unpaired) electrons. The summed E-state index contributed by atoms with van der Waals surface area (Å²) in [6, 6.07) is 62.7. The van der Waals surface area contributed by atoms with Gasteiger partial charge in [0.15, 0.2) is 0 Å². The fourth-order valence-electron chi connectivity index (χ4n) is 7.62. The summed E-state index contributed by atoms with van der Waals surface area (Å²) < 4.78 is 5.99. The normalized spacial score (nSPS) is 12.0. The molecule has 0 spiro atoms. The highest BCUT2D eigenvalue weighted by molar-refractivity contribution is 6.11. The zero-order chi connectivity index (χ0) is 33.0. The van der Waals surface area contributed by atoms with Crippen molar-refractivity contribution < 1.29 is 4.42 Å². The van der Waals surface area contributed by atoms with Crippen molar-refractivity contribution in [2.45, 2.75) is 0 Å². The van der Waals surface area contributed by atoms with Gasteiger partial charge in [0.05, 0.1) is 34.7 Å². The summed E-state index contributed by atoms with van der Waals surface area (Å²) in [5, 5.41) is 3.50. The van der Waals surface area contributed by atoms with Crippen LogP contribution in [-0.4, -0.2) is 4.98 Å². The molecule has 0 N–H and O–H groups in total. The first-order chi connectivity index (χ1) is 24.8. The van der Waals surface area contributed by atoms with E-state index in [0.717, 1.165) is 78.4 Å². The molecule has 1 aliphatic rings. The third kappa shape index (κ3) is 4.48. The second-order valence-electron chi connectivity index (χ2n) is 12.7. The van der Waals surface area contributed by atoms with E-state index < -0.39 is 0 Å². The third-order valence-electron chi connectivity index (χ3n) is 9.92. The van der Waals surface area contributed by atoms with E-state index in [9.17, 15) is 0 Å². The van der Waals surface area contributed by atoms with Crippen molar-refractivity contribution in [3.8, 4) is 55.9 Å². The number of benzene rings is 7. The van der Waals surface area contributed by atoms with Gasteiger partial charge in [0.25, 0.3) is 0 Å². The van der Waals surface area contributed by atoms with Crippen LogP contribution >= 0.6 is 0 Å². The van der Waals surface area contributed by atoms with Crippen LogP contribution in [0.15, 0.2) is 187 Å². The Hall–Kier alpha value is -6.71. The van der Waals surface area contributed by atoms with Crippen LogP contribution in [0.4, 0.5) is 17.1 Å². The van der Waals surface area contributed by atoms with E-state index in [1.165, 1.54) is 16.3 Å². The minimum absolute atomic E-state index is 0.843. The van der Waals surface area contributed by atoms with Gasteiger partial charge in [-0.3, -0.25) is 0 Å². The smallest absolute Gasteiger partial charge is 0.134 e. The lowest BCUT2D eigenvalue weighted by Crippen LogP contribution is -2.13. The van der Waals surface area contributed by atoms with Gasteiger partial charge in [-0.05, 0) is 75.5 Å². The van der Waals surface area contributed by atoms with Crippen LogP contribution in [0.5, 0.6) is 0 Å². The number of aromatic nitrogens is 1. The van der Waals surface area contributed by atoms with E-state index in [2.05, 4.69) is 175 Å². The van der Waals surface area contributed by atoms with Crippen LogP contribution in [0.3, 0.4) is 0 Å². The Morgan fingerprint density at radius 1 is 0.420 bits per heavy atom. The Kier molecular flexibility index (Phi) is 6.49. The standard InChI is InChI=1S/C47H30N2O/c1-3-12-32(13-4-1)37-23-22-34(36-20-11-17-31-14-7-8-18-35(31)36)30-44(37)49-42-21-10-9-19-38(42)39-24-27-45-40(28-29-50-45)46(39)47-43(49)26-25-41(48-47)33-15-5-2-6-16-33/h1-30H. The molecule has 7 aromatic carbocycles. The van der Waals surface area contributed by atoms with Gasteiger partial charge in [0.1, 0.15) is 5.58 Å². The summed E-state index contributed by atoms with van der Waals surface area (Å²) in [5.74, 6) is 0. The van der Waals surface area contributed by atoms with Crippen LogP contribution in [0.25, 0.3) is 77.6 Å². The monoisotopic (exact) mass is 638 g/mol. The molecule has 0 atom stereocenters. The molecule has 10 rings (SSSR count). The molecule has 234 valence electrons. The summed E-state index contributed by atoms with van der Waals surface area (Å²) in [6.07, 6.45) is 1.78. The fraction of sp³-hybridized carbons (Fsp3) is 0. The molecule has 0 unspecified atom stereocenters. The van der Waals surface area contributed by atoms with Crippen molar-refractivity contribution in [2.24, 2.45) is 0 Å². The topological polar surface area (TPSA) is 29.3 Å². The quantitative estimate of drug-likeness (QED) is 0.192. The average molecular weight is 639 g/mol. The van der Waals surface area contributed by atoms with Crippen molar-refractivity contribution >= 4 is 38.8 Å². The predicted molar refractivity (Wildman–Crippen MR) is 207 cm³/mol. The third-order valence-corrected chi connectivity index (χ3v) is 9.92. The highest BCUT2D eigenvalue weighted by atomic mass is 16.3. The van der Waals surface area contributed by atoms with Gasteiger partial charge in [-0.2, -0.15) is 0 Å². The van der Waals surface area contributed by atoms with E-state index in [-0.39, 0.29) is 0 Å². The van der Waals surface area contributed by atoms with Crippen LogP contribution in [0.2, 0.25) is 0 Å². The van der Waals surface area contributed by atoms with Crippen LogP contribution < -0.4 is 4.90 Å². The van der Waals surface area contributed by atoms with Crippen LogP contribution in [-0.2, 0) is 0 Å². The number of rotatable bonds is 4. The number of para-hydroxylation sites is 1. The first-order valence-electron chi connectivity index (χ1n) is 17.0. The Morgan fingerprint density at radius 3 is 2.02 bits per heavy atom. The molecule has 0 amide bonds. The summed E-state index contributed by atoms with van der Waals surface area (Å²) in [6.45, 7) is 0. The molecule has 0 fully saturated rings. The summed E-state index contributed by atoms with van der Waals surface area (Å²) in [4.78, 5) is 7.94. The van der Waals surface area contributed by atoms with E-state index >= 15 is 0 Å². The molecule has 0 saturated carbocycles. The first-order valence-corrected chi connectivity index (χ1v) is 17.0. The van der Waals surface area contributed by atoms with Gasteiger partial charge in [0, 0.05) is 27.6 Å². The van der Waals surface area contributed by atoms with Crippen molar-refractivity contribution in [1.82, 2.24) is 4.98 Å². The maximum absolute atomic E-state index is 5.99. The molecule has 1 aliphatic heterocycles. The van der Waals surface area contributed by atoms with Gasteiger partial charge < -0.3 is 9.32 Å². The maximum atomic E-state index is 5.99. The number of hydrogen-bond donors (Lipinski definition) is 0. The fourth-order valence-corrected chi connectivity index (χ4v) is 7.62. The number of anilines is 3. The average Bonchev–Trinajstić information content (AvgIpc) is 3.63. The van der Waals surface area contributed by atoms with Gasteiger partial charge in [-0.25, -0.2) is 4.98 Å². The predicted octanol–water partition coefficient (Wildman–Crippen LogP) is 13.1. The van der Waals surface area contributed by atoms with E-state index in [0.29, 0.717) is 0 Å². The number of nitrogens with zero attached hydrogens (tertiary/aromatic N) is 2. The zero-order valence-corrected chi connectivity index (χ0v) is 27.1. The Balaban J connectivity index is 1.32. The van der Waals surface area contributed by atoms with Crippen molar-refractivity contribution in [3.05, 3.63) is 182 Å². The summed E-state index contributed by atoms with van der Waals surface area (Å²) in [5.41, 5.74) is 14.9. The molecule has 0 aliphatic carbocycles. The molecule has 50 heavy (non-hydrogen) atoms. The minimum atomic E-state index is 0.843. The molecular formula is C47H30N2O. The Labute approximate surface area is 290 Å². The molecule has 3 heterocycles. The van der Waals surface area contributed by atoms with Crippen molar-refractivity contribution in [1.29, 1.82) is 0 Å². The Morgan fingerprint density at radius 2 is 1.14 bits per heavy atom. The second kappa shape index (κ2) is 11.5. The Bertz CT molecular complexity index is 2700. The van der Waals surface area contributed by atoms with Crippen LogP contribution in [0.1, 0.15) is 0 Å². The molecule has 9 aromatic rings. The number of pyridine rings is 1. The minimum Gasteiger partial charge on any atom is -0.464 e. The molecular weight excluding hydrogens is 609 g/mol. The highest BCUT2D eigenvalue weighted by Crippen LogP contribution is 2.54. The summed E-state index contributed by atoms with van der Waals surface area (Å²) >= 11 is 0. The highest BCUT2D eigenvalue weighted by Gasteiger charge is 2.31. The largest absolute Gasteiger partial charge is 0.464 e. The SMILES string of the molecule is c1ccc(-c2ccc3c(n2)-c2c(ccc4occc24)-c2ccccc2N3c2cc(-c3cccc4ccccc34)ccc2-c2ccccc2)cc1. The number of furan rings is 1. The lowest BCUT2D eigenvalue weighted by molar-refractivity contribution is 0.616. The number of fused-ring (bicyclic) bond motifs is 8.